The van der Waals surface area contributed by atoms with Gasteiger partial charge in [-0.2, -0.15) is 5.10 Å². The van der Waals surface area contributed by atoms with Crippen LogP contribution in [0.2, 0.25) is 0 Å². The van der Waals surface area contributed by atoms with Gasteiger partial charge in [0.05, 0.1) is 0 Å². The predicted molar refractivity (Wildman–Crippen MR) is 54.3 cm³/mol. The van der Waals surface area contributed by atoms with E-state index in [0.717, 1.165) is 19.5 Å². The molecule has 1 atom stereocenters. The molecule has 0 aliphatic carbocycles. The second kappa shape index (κ2) is 4.39. The number of nitrogens with zero attached hydrogens (tertiary/aromatic N) is 3. The quantitative estimate of drug-likeness (QED) is 0.703. The van der Waals surface area contributed by atoms with Gasteiger partial charge >= 0.3 is 0 Å². The van der Waals surface area contributed by atoms with E-state index in [0.29, 0.717) is 12.5 Å². The molecule has 0 spiro atoms. The summed E-state index contributed by atoms with van der Waals surface area (Å²) in [4.78, 5) is 17.5. The molecule has 6 nitrogen and oxygen atoms in total. The molecule has 1 aliphatic rings. The zero-order valence-electron chi connectivity index (χ0n) is 8.73. The summed E-state index contributed by atoms with van der Waals surface area (Å²) in [7, 11) is 2.10. The standard InChI is InChI=1S/C9H15N5O/c1-14-3-2-7(5-14)4-10-9(15)8-11-6-12-13-8/h6-7H,2-5H2,1H3,(H,10,15)(H,11,12,13). The Morgan fingerprint density at radius 1 is 1.80 bits per heavy atom. The van der Waals surface area contributed by atoms with Gasteiger partial charge in [-0.25, -0.2) is 4.98 Å². The predicted octanol–water partition coefficient (Wildman–Crippen LogP) is -0.514. The van der Waals surface area contributed by atoms with Crippen LogP contribution < -0.4 is 5.32 Å². The Morgan fingerprint density at radius 2 is 2.67 bits per heavy atom. The summed E-state index contributed by atoms with van der Waals surface area (Å²) >= 11 is 0. The number of aromatic nitrogens is 3. The normalized spacial score (nSPS) is 21.8. The van der Waals surface area contributed by atoms with Crippen molar-refractivity contribution in [2.45, 2.75) is 6.42 Å². The average Bonchev–Trinajstić information content (AvgIpc) is 2.84. The topological polar surface area (TPSA) is 73.9 Å². The van der Waals surface area contributed by atoms with Gasteiger partial charge in [-0.3, -0.25) is 9.89 Å². The smallest absolute Gasteiger partial charge is 0.288 e. The largest absolute Gasteiger partial charge is 0.349 e. The first-order valence-electron chi connectivity index (χ1n) is 5.08. The molecule has 1 unspecified atom stereocenters. The van der Waals surface area contributed by atoms with Gasteiger partial charge in [0.1, 0.15) is 6.33 Å². The van der Waals surface area contributed by atoms with Crippen LogP contribution in [-0.4, -0.2) is 52.7 Å². The van der Waals surface area contributed by atoms with E-state index >= 15 is 0 Å². The van der Waals surface area contributed by atoms with E-state index in [1.165, 1.54) is 6.33 Å². The van der Waals surface area contributed by atoms with E-state index in [1.54, 1.807) is 0 Å². The number of hydrogen-bond acceptors (Lipinski definition) is 4. The molecule has 1 aliphatic heterocycles. The van der Waals surface area contributed by atoms with E-state index in [1.807, 2.05) is 0 Å². The Morgan fingerprint density at radius 3 is 3.27 bits per heavy atom. The van der Waals surface area contributed by atoms with Crippen LogP contribution in [0.4, 0.5) is 0 Å². The molecule has 6 heteroatoms. The van der Waals surface area contributed by atoms with Gasteiger partial charge in [-0.15, -0.1) is 0 Å². The third-order valence-corrected chi connectivity index (χ3v) is 2.67. The van der Waals surface area contributed by atoms with Crippen molar-refractivity contribution in [3.8, 4) is 0 Å². The molecule has 0 bridgehead atoms. The summed E-state index contributed by atoms with van der Waals surface area (Å²) in [5, 5.41) is 9.02. The van der Waals surface area contributed by atoms with Crippen LogP contribution in [0.1, 0.15) is 17.0 Å². The molecule has 1 saturated heterocycles. The number of rotatable bonds is 3. The zero-order valence-corrected chi connectivity index (χ0v) is 8.73. The number of nitrogens with one attached hydrogen (secondary N) is 2. The van der Waals surface area contributed by atoms with E-state index < -0.39 is 0 Å². The second-order valence-corrected chi connectivity index (χ2v) is 3.96. The fraction of sp³-hybridized carbons (Fsp3) is 0.667. The highest BCUT2D eigenvalue weighted by Gasteiger charge is 2.20. The van der Waals surface area contributed by atoms with Crippen LogP contribution in [0, 0.1) is 5.92 Å². The SMILES string of the molecule is CN1CCC(CNC(=O)c2ncn[nH]2)C1. The molecule has 0 radical (unpaired) electrons. The van der Waals surface area contributed by atoms with Crippen molar-refractivity contribution in [2.24, 2.45) is 5.92 Å². The van der Waals surface area contributed by atoms with E-state index in [2.05, 4.69) is 32.4 Å². The number of likely N-dealkylation sites (tertiary alicyclic amines) is 1. The molecule has 1 amide bonds. The minimum absolute atomic E-state index is 0.179. The molecule has 1 aromatic heterocycles. The van der Waals surface area contributed by atoms with Gasteiger partial charge in [0.15, 0.2) is 0 Å². The molecule has 1 aromatic rings. The van der Waals surface area contributed by atoms with E-state index in [-0.39, 0.29) is 11.7 Å². The van der Waals surface area contributed by atoms with Crippen molar-refractivity contribution in [3.05, 3.63) is 12.2 Å². The highest BCUT2D eigenvalue weighted by atomic mass is 16.2. The van der Waals surface area contributed by atoms with Crippen LogP contribution in [0.15, 0.2) is 6.33 Å². The fourth-order valence-corrected chi connectivity index (χ4v) is 1.83. The Kier molecular flexibility index (Phi) is 2.96. The monoisotopic (exact) mass is 209 g/mol. The lowest BCUT2D eigenvalue weighted by atomic mass is 10.1. The minimum Gasteiger partial charge on any atom is -0.349 e. The second-order valence-electron chi connectivity index (χ2n) is 3.96. The van der Waals surface area contributed by atoms with E-state index in [4.69, 9.17) is 0 Å². The summed E-state index contributed by atoms with van der Waals surface area (Å²) in [5.41, 5.74) is 0. The Balaban J connectivity index is 1.76. The van der Waals surface area contributed by atoms with Crippen molar-refractivity contribution in [3.63, 3.8) is 0 Å². The van der Waals surface area contributed by atoms with Gasteiger partial charge in [0, 0.05) is 13.1 Å². The molecule has 0 saturated carbocycles. The van der Waals surface area contributed by atoms with Crippen LogP contribution in [-0.2, 0) is 0 Å². The van der Waals surface area contributed by atoms with Gasteiger partial charge < -0.3 is 10.2 Å². The maximum atomic E-state index is 11.5. The molecule has 0 aromatic carbocycles. The van der Waals surface area contributed by atoms with Crippen LogP contribution in [0.25, 0.3) is 0 Å². The van der Waals surface area contributed by atoms with Crippen molar-refractivity contribution >= 4 is 5.91 Å². The van der Waals surface area contributed by atoms with Gasteiger partial charge in [-0.05, 0) is 25.9 Å². The first kappa shape index (κ1) is 10.1. The Bertz CT molecular complexity index is 323. The van der Waals surface area contributed by atoms with Crippen LogP contribution >= 0.6 is 0 Å². The van der Waals surface area contributed by atoms with Crippen molar-refractivity contribution in [1.82, 2.24) is 25.4 Å². The summed E-state index contributed by atoms with van der Waals surface area (Å²) in [5.74, 6) is 0.658. The lowest BCUT2D eigenvalue weighted by molar-refractivity contribution is 0.0937. The number of amides is 1. The number of carbonyl (C=O) groups is 1. The number of hydrogen-bond donors (Lipinski definition) is 2. The van der Waals surface area contributed by atoms with Crippen LogP contribution in [0.5, 0.6) is 0 Å². The third-order valence-electron chi connectivity index (χ3n) is 2.67. The summed E-state index contributed by atoms with van der Waals surface area (Å²) in [6.45, 7) is 2.88. The molecule has 2 rings (SSSR count). The molecule has 1 fully saturated rings. The Hall–Kier alpha value is -1.43. The first-order chi connectivity index (χ1) is 7.25. The molecular formula is C9H15N5O. The number of carbonyl (C=O) groups excluding carboxylic acids is 1. The molecule has 2 heterocycles. The average molecular weight is 209 g/mol. The molecule has 2 N–H and O–H groups in total. The van der Waals surface area contributed by atoms with Crippen LogP contribution in [0.3, 0.4) is 0 Å². The fourth-order valence-electron chi connectivity index (χ4n) is 1.83. The Labute approximate surface area is 88.1 Å². The van der Waals surface area contributed by atoms with Crippen molar-refractivity contribution in [1.29, 1.82) is 0 Å². The van der Waals surface area contributed by atoms with Gasteiger partial charge in [0.2, 0.25) is 5.82 Å². The highest BCUT2D eigenvalue weighted by molar-refractivity contribution is 5.90. The molecular weight excluding hydrogens is 194 g/mol. The summed E-state index contributed by atoms with van der Waals surface area (Å²) in [6.07, 6.45) is 2.48. The summed E-state index contributed by atoms with van der Waals surface area (Å²) in [6, 6.07) is 0. The highest BCUT2D eigenvalue weighted by Crippen LogP contribution is 2.12. The zero-order chi connectivity index (χ0) is 10.7. The van der Waals surface area contributed by atoms with Gasteiger partial charge in [0.25, 0.3) is 5.91 Å². The lowest BCUT2D eigenvalue weighted by Crippen LogP contribution is -2.31. The van der Waals surface area contributed by atoms with Crippen molar-refractivity contribution < 1.29 is 4.79 Å². The van der Waals surface area contributed by atoms with E-state index in [9.17, 15) is 4.79 Å². The number of H-pyrrole nitrogens is 1. The minimum atomic E-state index is -0.179. The van der Waals surface area contributed by atoms with Gasteiger partial charge in [-0.1, -0.05) is 0 Å². The first-order valence-corrected chi connectivity index (χ1v) is 5.08. The van der Waals surface area contributed by atoms with Crippen molar-refractivity contribution in [2.75, 3.05) is 26.7 Å². The molecule has 82 valence electrons. The summed E-state index contributed by atoms with van der Waals surface area (Å²) < 4.78 is 0. The third kappa shape index (κ3) is 2.53. The number of aromatic amines is 1. The molecule has 15 heavy (non-hydrogen) atoms. The maximum Gasteiger partial charge on any atom is 0.288 e. The lowest BCUT2D eigenvalue weighted by Gasteiger charge is -2.10. The maximum absolute atomic E-state index is 11.5.